The summed E-state index contributed by atoms with van der Waals surface area (Å²) in [6.07, 6.45) is 1.66. The number of aromatic nitrogens is 1. The average Bonchev–Trinajstić information content (AvgIpc) is 3.52. The van der Waals surface area contributed by atoms with E-state index in [-0.39, 0.29) is 36.3 Å². The number of carbonyl (C=O) groups excluding carboxylic acids is 2. The van der Waals surface area contributed by atoms with E-state index in [2.05, 4.69) is 15.6 Å². The first kappa shape index (κ1) is 28.9. The molecule has 0 aliphatic carbocycles. The molecular weight excluding hydrogens is 569 g/mol. The number of esters is 1. The molecule has 2 aliphatic heterocycles. The summed E-state index contributed by atoms with van der Waals surface area (Å²) < 4.78 is 25.1. The molecule has 2 N–H and O–H groups in total. The Morgan fingerprint density at radius 2 is 2.10 bits per heavy atom. The SMILES string of the molecule is CCOC(=O)C1=C(CN2CCOC[C@H]2C(=O)NCc2ccccc2)NC(c2nccs2)=N[C@H]1c1ccc(F)cc1Cl. The highest BCUT2D eigenvalue weighted by molar-refractivity contribution is 7.11. The molecule has 1 saturated heterocycles. The molecule has 0 radical (unpaired) electrons. The molecule has 5 rings (SSSR count). The molecule has 12 heteroatoms. The van der Waals surface area contributed by atoms with Crippen LogP contribution in [-0.4, -0.2) is 66.5 Å². The van der Waals surface area contributed by atoms with Gasteiger partial charge in [0.2, 0.25) is 5.91 Å². The van der Waals surface area contributed by atoms with E-state index in [0.29, 0.717) is 41.8 Å². The fourth-order valence-corrected chi connectivity index (χ4v) is 5.60. The predicted octanol–water partition coefficient (Wildman–Crippen LogP) is 3.86. The molecular formula is C29H29ClFN5O4S. The monoisotopic (exact) mass is 597 g/mol. The molecule has 1 amide bonds. The van der Waals surface area contributed by atoms with E-state index in [1.165, 1.54) is 29.5 Å². The highest BCUT2D eigenvalue weighted by Gasteiger charge is 2.37. The van der Waals surface area contributed by atoms with Crippen molar-refractivity contribution >= 4 is 40.6 Å². The predicted molar refractivity (Wildman–Crippen MR) is 154 cm³/mol. The van der Waals surface area contributed by atoms with Crippen molar-refractivity contribution in [2.45, 2.75) is 25.6 Å². The zero-order valence-electron chi connectivity index (χ0n) is 22.3. The fraction of sp³-hybridized carbons (Fsp3) is 0.310. The van der Waals surface area contributed by atoms with Crippen LogP contribution >= 0.6 is 22.9 Å². The molecule has 0 spiro atoms. The van der Waals surface area contributed by atoms with Crippen LogP contribution in [0.4, 0.5) is 4.39 Å². The number of amidine groups is 1. The Labute approximate surface area is 246 Å². The minimum absolute atomic E-state index is 0.129. The van der Waals surface area contributed by atoms with E-state index in [9.17, 15) is 14.0 Å². The Morgan fingerprint density at radius 1 is 1.27 bits per heavy atom. The molecule has 2 aromatic carbocycles. The van der Waals surface area contributed by atoms with Crippen molar-refractivity contribution in [1.29, 1.82) is 0 Å². The first-order valence-corrected chi connectivity index (χ1v) is 14.4. The van der Waals surface area contributed by atoms with Crippen LogP contribution in [0.15, 0.2) is 76.4 Å². The van der Waals surface area contributed by atoms with Crippen LogP contribution in [0.25, 0.3) is 0 Å². The second-order valence-electron chi connectivity index (χ2n) is 9.39. The zero-order chi connectivity index (χ0) is 28.8. The molecule has 0 saturated carbocycles. The van der Waals surface area contributed by atoms with Gasteiger partial charge in [0, 0.05) is 47.5 Å². The summed E-state index contributed by atoms with van der Waals surface area (Å²) in [5.41, 5.74) is 2.16. The molecule has 3 heterocycles. The third kappa shape index (κ3) is 6.82. The van der Waals surface area contributed by atoms with Crippen LogP contribution in [-0.2, 0) is 25.6 Å². The fourth-order valence-electron chi connectivity index (χ4n) is 4.74. The van der Waals surface area contributed by atoms with Gasteiger partial charge in [0.25, 0.3) is 0 Å². The number of nitrogens with one attached hydrogen (secondary N) is 2. The molecule has 3 aromatic rings. The summed E-state index contributed by atoms with van der Waals surface area (Å²) in [7, 11) is 0. The molecule has 214 valence electrons. The molecule has 1 aromatic heterocycles. The molecule has 0 bridgehead atoms. The second-order valence-corrected chi connectivity index (χ2v) is 10.7. The number of morpholine rings is 1. The van der Waals surface area contributed by atoms with E-state index in [0.717, 1.165) is 5.56 Å². The number of benzene rings is 2. The number of rotatable bonds is 9. The van der Waals surface area contributed by atoms with Crippen LogP contribution in [0.3, 0.4) is 0 Å². The molecule has 9 nitrogen and oxygen atoms in total. The Bertz CT molecular complexity index is 1450. The van der Waals surface area contributed by atoms with Gasteiger partial charge in [-0.3, -0.25) is 14.7 Å². The van der Waals surface area contributed by atoms with E-state index < -0.39 is 23.9 Å². The summed E-state index contributed by atoms with van der Waals surface area (Å²) in [5.74, 6) is -0.835. The van der Waals surface area contributed by atoms with Gasteiger partial charge >= 0.3 is 5.97 Å². The smallest absolute Gasteiger partial charge is 0.338 e. The van der Waals surface area contributed by atoms with Crippen LogP contribution in [0, 0.1) is 5.82 Å². The topological polar surface area (TPSA) is 105 Å². The number of thiazole rings is 1. The maximum Gasteiger partial charge on any atom is 0.338 e. The van der Waals surface area contributed by atoms with Crippen molar-refractivity contribution in [2.24, 2.45) is 4.99 Å². The largest absolute Gasteiger partial charge is 0.463 e. The van der Waals surface area contributed by atoms with Crippen LogP contribution < -0.4 is 10.6 Å². The van der Waals surface area contributed by atoms with E-state index in [1.54, 1.807) is 13.1 Å². The van der Waals surface area contributed by atoms with Gasteiger partial charge in [0.15, 0.2) is 10.8 Å². The van der Waals surface area contributed by atoms with Crippen molar-refractivity contribution in [1.82, 2.24) is 20.5 Å². The number of nitrogens with zero attached hydrogens (tertiary/aromatic N) is 3. The molecule has 0 unspecified atom stereocenters. The first-order chi connectivity index (χ1) is 19.9. The summed E-state index contributed by atoms with van der Waals surface area (Å²) in [5, 5.41) is 8.83. The number of hydrogen-bond donors (Lipinski definition) is 2. The summed E-state index contributed by atoms with van der Waals surface area (Å²) in [6.45, 7) is 3.51. The van der Waals surface area contributed by atoms with Gasteiger partial charge in [0.05, 0.1) is 25.4 Å². The van der Waals surface area contributed by atoms with E-state index in [4.69, 9.17) is 26.1 Å². The highest BCUT2D eigenvalue weighted by atomic mass is 35.5. The number of hydrogen-bond acceptors (Lipinski definition) is 9. The van der Waals surface area contributed by atoms with E-state index >= 15 is 0 Å². The summed E-state index contributed by atoms with van der Waals surface area (Å²) >= 11 is 7.85. The van der Waals surface area contributed by atoms with E-state index in [1.807, 2.05) is 40.6 Å². The maximum absolute atomic E-state index is 14.0. The summed E-state index contributed by atoms with van der Waals surface area (Å²) in [6, 6.07) is 12.1. The quantitative estimate of drug-likeness (QED) is 0.361. The molecule has 2 aliphatic rings. The Kier molecular flexibility index (Phi) is 9.40. The van der Waals surface area contributed by atoms with Gasteiger partial charge in [-0.2, -0.15) is 0 Å². The van der Waals surface area contributed by atoms with Gasteiger partial charge in [-0.15, -0.1) is 11.3 Å². The molecule has 41 heavy (non-hydrogen) atoms. The Morgan fingerprint density at radius 3 is 2.83 bits per heavy atom. The number of carbonyl (C=O) groups is 2. The number of amides is 1. The highest BCUT2D eigenvalue weighted by Crippen LogP contribution is 2.37. The van der Waals surface area contributed by atoms with Crippen molar-refractivity contribution in [3.63, 3.8) is 0 Å². The third-order valence-electron chi connectivity index (χ3n) is 6.73. The van der Waals surface area contributed by atoms with Gasteiger partial charge in [-0.05, 0) is 24.6 Å². The minimum atomic E-state index is -0.885. The second kappa shape index (κ2) is 13.3. The van der Waals surface area contributed by atoms with Gasteiger partial charge in [-0.25, -0.2) is 14.2 Å². The van der Waals surface area contributed by atoms with Crippen molar-refractivity contribution < 1.29 is 23.5 Å². The normalized spacial score (nSPS) is 19.3. The standard InChI is InChI=1S/C29H29ClFN5O4S/c1-2-40-29(38)24-22(16-36-11-12-39-17-23(36)27(37)33-15-18-6-4-3-5-7-18)34-26(28-32-10-13-41-28)35-25(24)20-9-8-19(31)14-21(20)30/h3-10,13-14,23,25H,2,11-12,15-17H2,1H3,(H,33,37)(H,34,35)/t23-,25-/m0/s1. The van der Waals surface area contributed by atoms with Crippen molar-refractivity contribution in [2.75, 3.05) is 32.9 Å². The Balaban J connectivity index is 1.50. The number of ether oxygens (including phenoxy) is 2. The maximum atomic E-state index is 14.0. The van der Waals surface area contributed by atoms with Gasteiger partial charge in [0.1, 0.15) is 17.9 Å². The number of halogens is 2. The lowest BCUT2D eigenvalue weighted by atomic mass is 9.95. The van der Waals surface area contributed by atoms with Crippen LogP contribution in [0.2, 0.25) is 5.02 Å². The third-order valence-corrected chi connectivity index (χ3v) is 7.83. The lowest BCUT2D eigenvalue weighted by Crippen LogP contribution is -2.55. The summed E-state index contributed by atoms with van der Waals surface area (Å²) in [4.78, 5) is 37.9. The van der Waals surface area contributed by atoms with Gasteiger partial charge < -0.3 is 20.1 Å². The Hall–Kier alpha value is -3.64. The van der Waals surface area contributed by atoms with Crippen molar-refractivity contribution in [3.05, 3.63) is 98.4 Å². The minimum Gasteiger partial charge on any atom is -0.463 e. The lowest BCUT2D eigenvalue weighted by Gasteiger charge is -2.37. The van der Waals surface area contributed by atoms with Crippen LogP contribution in [0.5, 0.6) is 0 Å². The molecule has 1 fully saturated rings. The lowest BCUT2D eigenvalue weighted by molar-refractivity contribution is -0.139. The average molecular weight is 598 g/mol. The zero-order valence-corrected chi connectivity index (χ0v) is 23.9. The number of aliphatic imine (C=N–C) groups is 1. The van der Waals surface area contributed by atoms with Gasteiger partial charge in [-0.1, -0.05) is 48.0 Å². The first-order valence-electron chi connectivity index (χ1n) is 13.2. The van der Waals surface area contributed by atoms with Crippen molar-refractivity contribution in [3.8, 4) is 0 Å². The molecule has 2 atom stereocenters. The van der Waals surface area contributed by atoms with Crippen LogP contribution in [0.1, 0.15) is 29.1 Å².